The number of ether oxygens (including phenoxy) is 1. The molecular weight excluding hydrogens is 344 g/mol. The second-order valence-electron chi connectivity index (χ2n) is 8.06. The van der Waals surface area contributed by atoms with Gasteiger partial charge in [-0.3, -0.25) is 4.79 Å². The van der Waals surface area contributed by atoms with E-state index in [4.69, 9.17) is 4.74 Å². The summed E-state index contributed by atoms with van der Waals surface area (Å²) >= 11 is 0. The Morgan fingerprint density at radius 1 is 0.778 bits per heavy atom. The highest BCUT2D eigenvalue weighted by Crippen LogP contribution is 2.36. The van der Waals surface area contributed by atoms with E-state index in [1.807, 2.05) is 0 Å². The lowest BCUT2D eigenvalue weighted by atomic mass is 9.76. The van der Waals surface area contributed by atoms with E-state index in [0.717, 1.165) is 56.8 Å². The fraction of sp³-hybridized carbons (Fsp3) is 0.857. The Balaban J connectivity index is 0.000000273. The molecule has 1 heterocycles. The molecule has 0 bridgehead atoms. The van der Waals surface area contributed by atoms with Crippen LogP contribution in [0.4, 0.5) is 0 Å². The topological polar surface area (TPSA) is 85.2 Å². The van der Waals surface area contributed by atoms with Crippen molar-refractivity contribution in [3.63, 3.8) is 0 Å². The molecule has 0 aromatic rings. The zero-order valence-electron chi connectivity index (χ0n) is 16.2. The zero-order chi connectivity index (χ0) is 19.3. The molecule has 150 valence electrons. The van der Waals surface area contributed by atoms with Gasteiger partial charge < -0.3 is 4.74 Å². The first kappa shape index (κ1) is 21.5. The van der Waals surface area contributed by atoms with Gasteiger partial charge in [0.2, 0.25) is 12.2 Å². The van der Waals surface area contributed by atoms with E-state index in [0.29, 0.717) is 13.0 Å². The molecule has 0 unspecified atom stereocenters. The highest BCUT2D eigenvalue weighted by Gasteiger charge is 2.26. The van der Waals surface area contributed by atoms with Gasteiger partial charge in [0.15, 0.2) is 0 Å². The summed E-state index contributed by atoms with van der Waals surface area (Å²) in [5.74, 6) is 1.57. The van der Waals surface area contributed by atoms with Crippen LogP contribution >= 0.6 is 0 Å². The van der Waals surface area contributed by atoms with Gasteiger partial charge in [0.25, 0.3) is 0 Å². The van der Waals surface area contributed by atoms with Crippen LogP contribution in [0.5, 0.6) is 0 Å². The van der Waals surface area contributed by atoms with Gasteiger partial charge in [-0.1, -0.05) is 0 Å². The largest absolute Gasteiger partial charge is 0.466 e. The van der Waals surface area contributed by atoms with E-state index >= 15 is 0 Å². The molecule has 0 N–H and O–H groups in total. The molecule has 2 aliphatic carbocycles. The predicted octanol–water partition coefficient (Wildman–Crippen LogP) is 4.27. The number of carbonyl (C=O) groups excluding carboxylic acids is 3. The Bertz CT molecular complexity index is 490. The van der Waals surface area contributed by atoms with Gasteiger partial charge in [0.05, 0.1) is 18.7 Å². The first-order valence-electron chi connectivity index (χ1n) is 10.5. The van der Waals surface area contributed by atoms with Crippen LogP contribution in [0.25, 0.3) is 0 Å². The van der Waals surface area contributed by atoms with Crippen LogP contribution in [-0.4, -0.2) is 36.8 Å². The molecule has 1 aliphatic heterocycles. The highest BCUT2D eigenvalue weighted by atomic mass is 16.5. The van der Waals surface area contributed by atoms with Crippen LogP contribution in [0, 0.1) is 11.8 Å². The number of hydrogen-bond donors (Lipinski definition) is 0. The Hall–Kier alpha value is -1.77. The lowest BCUT2D eigenvalue weighted by molar-refractivity contribution is -0.142. The molecular formula is C21H32N2O4. The Labute approximate surface area is 161 Å². The van der Waals surface area contributed by atoms with Crippen molar-refractivity contribution in [3.05, 3.63) is 0 Å². The van der Waals surface area contributed by atoms with E-state index in [-0.39, 0.29) is 18.1 Å². The second-order valence-corrected chi connectivity index (χ2v) is 8.06. The number of rotatable bonds is 4. The van der Waals surface area contributed by atoms with Gasteiger partial charge in [0, 0.05) is 6.42 Å². The number of isocyanates is 2. The fourth-order valence-electron chi connectivity index (χ4n) is 4.45. The molecule has 6 heteroatoms. The lowest BCUT2D eigenvalue weighted by Crippen LogP contribution is -2.23. The van der Waals surface area contributed by atoms with Crippen molar-refractivity contribution in [2.24, 2.45) is 21.8 Å². The maximum Gasteiger partial charge on any atom is 0.305 e. The number of cyclic esters (lactones) is 1. The van der Waals surface area contributed by atoms with Crippen molar-refractivity contribution in [1.82, 2.24) is 0 Å². The molecule has 3 fully saturated rings. The third-order valence-corrected chi connectivity index (χ3v) is 6.06. The summed E-state index contributed by atoms with van der Waals surface area (Å²) in [6, 6.07) is 0.456. The summed E-state index contributed by atoms with van der Waals surface area (Å²) in [7, 11) is 0. The minimum Gasteiger partial charge on any atom is -0.466 e. The number of carbonyl (C=O) groups is 1. The molecule has 0 aromatic heterocycles. The molecule has 3 rings (SSSR count). The van der Waals surface area contributed by atoms with Crippen LogP contribution in [0.2, 0.25) is 0 Å². The van der Waals surface area contributed by atoms with Crippen molar-refractivity contribution in [2.45, 2.75) is 95.6 Å². The second kappa shape index (κ2) is 12.6. The fourth-order valence-corrected chi connectivity index (χ4v) is 4.45. The first-order valence-corrected chi connectivity index (χ1v) is 10.5. The van der Waals surface area contributed by atoms with Crippen molar-refractivity contribution in [3.8, 4) is 0 Å². The van der Waals surface area contributed by atoms with E-state index < -0.39 is 0 Å². The van der Waals surface area contributed by atoms with Gasteiger partial charge >= 0.3 is 5.97 Å². The molecule has 0 spiro atoms. The Kier molecular flexibility index (Phi) is 10.0. The molecule has 6 nitrogen and oxygen atoms in total. The number of nitrogens with zero attached hydrogens (tertiary/aromatic N) is 2. The summed E-state index contributed by atoms with van der Waals surface area (Å²) in [5, 5.41) is 0. The maximum atomic E-state index is 10.5. The SMILES string of the molecule is O=C1CCCCCO1.O=C=NC1CCC(CC2CCC(N=C=O)CC2)CC1. The van der Waals surface area contributed by atoms with Gasteiger partial charge in [0.1, 0.15) is 0 Å². The summed E-state index contributed by atoms with van der Waals surface area (Å²) in [4.78, 5) is 38.6. The van der Waals surface area contributed by atoms with Gasteiger partial charge in [-0.25, -0.2) is 19.6 Å². The van der Waals surface area contributed by atoms with E-state index in [1.54, 1.807) is 12.2 Å². The smallest absolute Gasteiger partial charge is 0.305 e. The molecule has 0 atom stereocenters. The standard InChI is InChI=1S/C15H22N2O2.C6H10O2/c18-10-16-14-5-1-12(2-6-14)9-13-3-7-15(8-4-13)17-11-19;7-6-4-2-1-3-5-8-6/h12-15H,1-9H2;1-5H2. The minimum absolute atomic E-state index is 0.0255. The van der Waals surface area contributed by atoms with Crippen molar-refractivity contribution in [1.29, 1.82) is 0 Å². The van der Waals surface area contributed by atoms with Gasteiger partial charge in [-0.2, -0.15) is 0 Å². The van der Waals surface area contributed by atoms with Crippen molar-refractivity contribution >= 4 is 18.1 Å². The van der Waals surface area contributed by atoms with Crippen LogP contribution in [0.15, 0.2) is 9.98 Å². The third kappa shape index (κ3) is 8.64. The molecule has 2 saturated carbocycles. The summed E-state index contributed by atoms with van der Waals surface area (Å²) in [6.07, 6.45) is 17.5. The molecule has 1 saturated heterocycles. The molecule has 3 aliphatic rings. The Morgan fingerprint density at radius 3 is 1.78 bits per heavy atom. The van der Waals surface area contributed by atoms with Gasteiger partial charge in [-0.15, -0.1) is 0 Å². The molecule has 27 heavy (non-hydrogen) atoms. The van der Waals surface area contributed by atoms with Crippen molar-refractivity contribution in [2.75, 3.05) is 6.61 Å². The average Bonchev–Trinajstić information content (AvgIpc) is 2.93. The lowest BCUT2D eigenvalue weighted by Gasteiger charge is -2.31. The van der Waals surface area contributed by atoms with Crippen LogP contribution in [0.1, 0.15) is 83.5 Å². The number of hydrogen-bond acceptors (Lipinski definition) is 6. The summed E-state index contributed by atoms with van der Waals surface area (Å²) in [6.45, 7) is 0.638. The number of aliphatic imine (C=N–C) groups is 2. The van der Waals surface area contributed by atoms with Crippen LogP contribution in [-0.2, 0) is 19.1 Å². The van der Waals surface area contributed by atoms with E-state index in [1.165, 1.54) is 32.1 Å². The summed E-state index contributed by atoms with van der Waals surface area (Å²) in [5.41, 5.74) is 0. The quantitative estimate of drug-likeness (QED) is 0.416. The Morgan fingerprint density at radius 2 is 1.30 bits per heavy atom. The van der Waals surface area contributed by atoms with E-state index in [9.17, 15) is 14.4 Å². The van der Waals surface area contributed by atoms with Crippen molar-refractivity contribution < 1.29 is 19.1 Å². The molecule has 0 aromatic carbocycles. The molecule has 0 radical (unpaired) electrons. The van der Waals surface area contributed by atoms with Crippen LogP contribution < -0.4 is 0 Å². The average molecular weight is 376 g/mol. The van der Waals surface area contributed by atoms with E-state index in [2.05, 4.69) is 9.98 Å². The first-order chi connectivity index (χ1) is 13.2. The highest BCUT2D eigenvalue weighted by molar-refractivity contribution is 5.69. The minimum atomic E-state index is -0.0255. The summed E-state index contributed by atoms with van der Waals surface area (Å²) < 4.78 is 4.76. The predicted molar refractivity (Wildman–Crippen MR) is 102 cm³/mol. The molecule has 0 amide bonds. The van der Waals surface area contributed by atoms with Gasteiger partial charge in [-0.05, 0) is 88.9 Å². The maximum absolute atomic E-state index is 10.5. The number of esters is 1. The third-order valence-electron chi connectivity index (χ3n) is 6.06. The zero-order valence-corrected chi connectivity index (χ0v) is 16.2. The normalized spacial score (nSPS) is 31.0. The van der Waals surface area contributed by atoms with Crippen LogP contribution in [0.3, 0.4) is 0 Å². The monoisotopic (exact) mass is 376 g/mol.